The zero-order valence-corrected chi connectivity index (χ0v) is 18.3. The van der Waals surface area contributed by atoms with Gasteiger partial charge in [-0.1, -0.05) is 37.6 Å². The Hall–Kier alpha value is -2.38. The molecular formula is C22H30N2O4S. The van der Waals surface area contributed by atoms with E-state index in [1.54, 1.807) is 31.2 Å². The summed E-state index contributed by atoms with van der Waals surface area (Å²) in [4.78, 5) is 12.5. The van der Waals surface area contributed by atoms with Gasteiger partial charge in [-0.2, -0.15) is 0 Å². The van der Waals surface area contributed by atoms with Crippen molar-refractivity contribution in [2.45, 2.75) is 39.0 Å². The van der Waals surface area contributed by atoms with Crippen LogP contribution in [0.2, 0.25) is 0 Å². The first-order chi connectivity index (χ1) is 13.7. The summed E-state index contributed by atoms with van der Waals surface area (Å²) in [6.45, 7) is 9.54. The highest BCUT2D eigenvalue weighted by Crippen LogP contribution is 2.21. The average molecular weight is 419 g/mol. The number of ether oxygens (including phenoxy) is 1. The van der Waals surface area contributed by atoms with Crippen molar-refractivity contribution >= 4 is 21.6 Å². The van der Waals surface area contributed by atoms with Crippen LogP contribution in [0.5, 0.6) is 0 Å². The van der Waals surface area contributed by atoms with E-state index < -0.39 is 10.0 Å². The summed E-state index contributed by atoms with van der Waals surface area (Å²) in [5.41, 5.74) is 2.40. The van der Waals surface area contributed by atoms with Crippen molar-refractivity contribution in [1.82, 2.24) is 5.32 Å². The number of rotatable bonds is 10. The third-order valence-corrected chi connectivity index (χ3v) is 5.77. The van der Waals surface area contributed by atoms with Gasteiger partial charge < -0.3 is 10.1 Å². The second kappa shape index (κ2) is 10.4. The summed E-state index contributed by atoms with van der Waals surface area (Å²) in [5, 5.41) is 2.81. The standard InChI is InChI=1S/C22H30N2O4S/c1-16(2)15-28-13-5-12-23-22(25)19-9-8-18(4)21(14-19)29(26,27)24-20-10-6-17(3)7-11-20/h6-11,14,16,24H,5,12-13,15H2,1-4H3,(H,23,25). The van der Waals surface area contributed by atoms with Gasteiger partial charge in [0.1, 0.15) is 0 Å². The Kier molecular flexibility index (Phi) is 8.22. The van der Waals surface area contributed by atoms with Crippen LogP contribution in [0.3, 0.4) is 0 Å². The van der Waals surface area contributed by atoms with Gasteiger partial charge in [-0.15, -0.1) is 0 Å². The Bertz CT molecular complexity index is 922. The van der Waals surface area contributed by atoms with Crippen molar-refractivity contribution in [2.24, 2.45) is 5.92 Å². The molecule has 0 unspecified atom stereocenters. The number of aryl methyl sites for hydroxylation is 2. The molecule has 29 heavy (non-hydrogen) atoms. The van der Waals surface area contributed by atoms with Crippen molar-refractivity contribution in [1.29, 1.82) is 0 Å². The average Bonchev–Trinajstić information content (AvgIpc) is 2.66. The van der Waals surface area contributed by atoms with Crippen LogP contribution in [0.4, 0.5) is 5.69 Å². The van der Waals surface area contributed by atoms with Gasteiger partial charge in [0.05, 0.1) is 4.90 Å². The molecule has 0 heterocycles. The molecule has 1 amide bonds. The summed E-state index contributed by atoms with van der Waals surface area (Å²) < 4.78 is 33.7. The molecule has 2 aromatic carbocycles. The first kappa shape index (κ1) is 22.9. The maximum Gasteiger partial charge on any atom is 0.262 e. The fourth-order valence-electron chi connectivity index (χ4n) is 2.66. The number of nitrogens with one attached hydrogen (secondary N) is 2. The van der Waals surface area contributed by atoms with Gasteiger partial charge >= 0.3 is 0 Å². The molecule has 0 aliphatic carbocycles. The van der Waals surface area contributed by atoms with Crippen molar-refractivity contribution in [2.75, 3.05) is 24.5 Å². The normalized spacial score (nSPS) is 11.5. The van der Waals surface area contributed by atoms with E-state index >= 15 is 0 Å². The van der Waals surface area contributed by atoms with Crippen LogP contribution in [-0.2, 0) is 14.8 Å². The molecule has 2 rings (SSSR count). The molecule has 0 aliphatic rings. The molecule has 0 aliphatic heterocycles. The quantitative estimate of drug-likeness (QED) is 0.573. The van der Waals surface area contributed by atoms with Crippen LogP contribution in [0.25, 0.3) is 0 Å². The van der Waals surface area contributed by atoms with Gasteiger partial charge in [0.15, 0.2) is 0 Å². The maximum atomic E-state index is 12.8. The molecule has 0 fully saturated rings. The summed E-state index contributed by atoms with van der Waals surface area (Å²) in [6.07, 6.45) is 0.699. The van der Waals surface area contributed by atoms with Gasteiger partial charge in [0, 0.05) is 31.0 Å². The minimum Gasteiger partial charge on any atom is -0.381 e. The van der Waals surface area contributed by atoms with Crippen LogP contribution >= 0.6 is 0 Å². The van der Waals surface area contributed by atoms with Crippen LogP contribution in [0.1, 0.15) is 41.8 Å². The molecule has 6 nitrogen and oxygen atoms in total. The fraction of sp³-hybridized carbons (Fsp3) is 0.409. The molecule has 0 atom stereocenters. The first-order valence-corrected chi connectivity index (χ1v) is 11.2. The Morgan fingerprint density at radius 1 is 1.07 bits per heavy atom. The number of carbonyl (C=O) groups excluding carboxylic acids is 1. The second-order valence-corrected chi connectivity index (χ2v) is 9.18. The van der Waals surface area contributed by atoms with Crippen LogP contribution in [0, 0.1) is 19.8 Å². The maximum absolute atomic E-state index is 12.8. The van der Waals surface area contributed by atoms with E-state index in [0.717, 1.165) is 5.56 Å². The van der Waals surface area contributed by atoms with E-state index in [1.807, 2.05) is 19.1 Å². The molecule has 2 N–H and O–H groups in total. The molecule has 0 radical (unpaired) electrons. The zero-order valence-electron chi connectivity index (χ0n) is 17.5. The topological polar surface area (TPSA) is 84.5 Å². The number of hydrogen-bond donors (Lipinski definition) is 2. The number of anilines is 1. The fourth-order valence-corrected chi connectivity index (χ4v) is 3.99. The Morgan fingerprint density at radius 2 is 1.76 bits per heavy atom. The van der Waals surface area contributed by atoms with Gasteiger partial charge in [-0.25, -0.2) is 8.42 Å². The smallest absolute Gasteiger partial charge is 0.262 e. The van der Waals surface area contributed by atoms with Crippen LogP contribution < -0.4 is 10.0 Å². The van der Waals surface area contributed by atoms with Crippen LogP contribution in [-0.4, -0.2) is 34.1 Å². The summed E-state index contributed by atoms with van der Waals surface area (Å²) >= 11 is 0. The molecule has 0 aromatic heterocycles. The van der Waals surface area contributed by atoms with Gasteiger partial charge in [-0.05, 0) is 56.0 Å². The SMILES string of the molecule is Cc1ccc(NS(=O)(=O)c2cc(C(=O)NCCCOCC(C)C)ccc2C)cc1. The monoisotopic (exact) mass is 418 g/mol. The number of carbonyl (C=O) groups is 1. The van der Waals surface area contributed by atoms with Crippen molar-refractivity contribution < 1.29 is 17.9 Å². The third-order valence-electron chi connectivity index (χ3n) is 4.25. The third kappa shape index (κ3) is 7.18. The molecule has 0 saturated carbocycles. The van der Waals surface area contributed by atoms with E-state index in [2.05, 4.69) is 23.9 Å². The van der Waals surface area contributed by atoms with Crippen LogP contribution in [0.15, 0.2) is 47.4 Å². The minimum absolute atomic E-state index is 0.0889. The largest absolute Gasteiger partial charge is 0.381 e. The number of hydrogen-bond acceptors (Lipinski definition) is 4. The highest BCUT2D eigenvalue weighted by molar-refractivity contribution is 7.92. The van der Waals surface area contributed by atoms with E-state index in [0.29, 0.717) is 48.9 Å². The predicted octanol–water partition coefficient (Wildman–Crippen LogP) is 3.90. The van der Waals surface area contributed by atoms with E-state index in [9.17, 15) is 13.2 Å². The molecule has 0 saturated heterocycles. The van der Waals surface area contributed by atoms with E-state index in [4.69, 9.17) is 4.74 Å². The molecule has 7 heteroatoms. The number of benzene rings is 2. The van der Waals surface area contributed by atoms with Crippen molar-refractivity contribution in [3.63, 3.8) is 0 Å². The highest BCUT2D eigenvalue weighted by atomic mass is 32.2. The van der Waals surface area contributed by atoms with Crippen molar-refractivity contribution in [3.8, 4) is 0 Å². The number of amides is 1. The molecule has 2 aromatic rings. The molecular weight excluding hydrogens is 388 g/mol. The lowest BCUT2D eigenvalue weighted by Gasteiger charge is -2.12. The highest BCUT2D eigenvalue weighted by Gasteiger charge is 2.19. The minimum atomic E-state index is -3.80. The van der Waals surface area contributed by atoms with E-state index in [1.165, 1.54) is 6.07 Å². The molecule has 0 spiro atoms. The lowest BCUT2D eigenvalue weighted by atomic mass is 10.1. The summed E-state index contributed by atoms with van der Waals surface area (Å²) in [6, 6.07) is 11.8. The molecule has 158 valence electrons. The van der Waals surface area contributed by atoms with Gasteiger partial charge in [0.2, 0.25) is 0 Å². The van der Waals surface area contributed by atoms with Crippen molar-refractivity contribution in [3.05, 3.63) is 59.2 Å². The van der Waals surface area contributed by atoms with Gasteiger partial charge in [0.25, 0.3) is 15.9 Å². The van der Waals surface area contributed by atoms with Gasteiger partial charge in [-0.3, -0.25) is 9.52 Å². The Labute approximate surface area is 173 Å². The Balaban J connectivity index is 2.02. The van der Waals surface area contributed by atoms with E-state index in [-0.39, 0.29) is 10.8 Å². The Morgan fingerprint density at radius 3 is 2.41 bits per heavy atom. The summed E-state index contributed by atoms with van der Waals surface area (Å²) in [7, 11) is -3.80. The summed E-state index contributed by atoms with van der Waals surface area (Å²) in [5.74, 6) is 0.173. The molecule has 0 bridgehead atoms. The predicted molar refractivity (Wildman–Crippen MR) is 116 cm³/mol. The zero-order chi connectivity index (χ0) is 21.4. The second-order valence-electron chi connectivity index (χ2n) is 7.53. The number of sulfonamides is 1. The lowest BCUT2D eigenvalue weighted by molar-refractivity contribution is 0.0924. The first-order valence-electron chi connectivity index (χ1n) is 9.75. The lowest BCUT2D eigenvalue weighted by Crippen LogP contribution is -2.26.